The summed E-state index contributed by atoms with van der Waals surface area (Å²) in [4.78, 5) is 11.2. The molecule has 0 amide bonds. The molecule has 0 aromatic heterocycles. The molecule has 0 aromatic rings. The summed E-state index contributed by atoms with van der Waals surface area (Å²) in [7, 11) is 0. The Balaban J connectivity index is 5.12. The summed E-state index contributed by atoms with van der Waals surface area (Å²) in [5.41, 5.74) is -0.277. The Bertz CT molecular complexity index is 336. The zero-order valence-electron chi connectivity index (χ0n) is 9.09. The molecule has 0 spiro atoms. The quantitative estimate of drug-likeness (QED) is 0.585. The largest absolute Gasteiger partial charge is 0.504 e. The summed E-state index contributed by atoms with van der Waals surface area (Å²) < 4.78 is 36.2. The lowest BCUT2D eigenvalue weighted by Crippen LogP contribution is -2.31. The van der Waals surface area contributed by atoms with Gasteiger partial charge in [-0.25, -0.2) is 0 Å². The van der Waals surface area contributed by atoms with Gasteiger partial charge in [-0.3, -0.25) is 4.79 Å². The number of allylic oxidation sites excluding steroid dienone is 2. The highest BCUT2D eigenvalue weighted by Crippen LogP contribution is 2.26. The van der Waals surface area contributed by atoms with E-state index < -0.39 is 29.4 Å². The molecular weight excluding hydrogens is 225 g/mol. The fourth-order valence-electron chi connectivity index (χ4n) is 0.900. The predicted molar refractivity (Wildman–Crippen MR) is 51.8 cm³/mol. The van der Waals surface area contributed by atoms with Gasteiger partial charge in [0.15, 0.2) is 11.9 Å². The van der Waals surface area contributed by atoms with Gasteiger partial charge >= 0.3 is 6.18 Å². The van der Waals surface area contributed by atoms with Crippen molar-refractivity contribution < 1.29 is 28.2 Å². The summed E-state index contributed by atoms with van der Waals surface area (Å²) in [6.45, 7) is 3.96. The van der Waals surface area contributed by atoms with Crippen molar-refractivity contribution in [2.45, 2.75) is 33.1 Å². The van der Waals surface area contributed by atoms with E-state index in [9.17, 15) is 23.1 Å². The van der Waals surface area contributed by atoms with Crippen molar-refractivity contribution >= 4 is 5.78 Å². The fourth-order valence-corrected chi connectivity index (χ4v) is 0.900. The van der Waals surface area contributed by atoms with Gasteiger partial charge in [-0.1, -0.05) is 5.57 Å². The maximum Gasteiger partial charge on any atom is 0.418 e. The smallest absolute Gasteiger partial charge is 0.418 e. The summed E-state index contributed by atoms with van der Waals surface area (Å²) in [6.07, 6.45) is -6.74. The SMILES string of the molecule is CC(C)=CC(=O)/C(O)=C(\C)C(O)C(F)(F)F. The second-order valence-electron chi connectivity index (χ2n) is 3.56. The van der Waals surface area contributed by atoms with Crippen molar-refractivity contribution in [3.8, 4) is 0 Å². The number of halogens is 3. The third-order valence-electron chi connectivity index (χ3n) is 1.75. The number of alkyl halides is 3. The second-order valence-corrected chi connectivity index (χ2v) is 3.56. The van der Waals surface area contributed by atoms with Crippen molar-refractivity contribution in [1.82, 2.24) is 0 Å². The van der Waals surface area contributed by atoms with Crippen LogP contribution in [0.1, 0.15) is 20.8 Å². The molecule has 92 valence electrons. The Morgan fingerprint density at radius 3 is 2.00 bits per heavy atom. The van der Waals surface area contributed by atoms with Gasteiger partial charge in [0.25, 0.3) is 0 Å². The summed E-state index contributed by atoms with van der Waals surface area (Å²) in [5, 5.41) is 18.0. The first-order valence-corrected chi connectivity index (χ1v) is 4.41. The lowest BCUT2D eigenvalue weighted by Gasteiger charge is -2.15. The van der Waals surface area contributed by atoms with E-state index in [0.717, 1.165) is 13.0 Å². The molecular formula is C10H13F3O3. The number of carbonyl (C=O) groups is 1. The Kier molecular flexibility index (Phi) is 4.74. The van der Waals surface area contributed by atoms with Crippen LogP contribution < -0.4 is 0 Å². The molecule has 0 fully saturated rings. The van der Waals surface area contributed by atoms with Crippen LogP contribution in [0.25, 0.3) is 0 Å². The van der Waals surface area contributed by atoms with Crippen LogP contribution in [0, 0.1) is 0 Å². The monoisotopic (exact) mass is 238 g/mol. The van der Waals surface area contributed by atoms with Crippen LogP contribution in [-0.4, -0.2) is 28.3 Å². The maximum atomic E-state index is 12.1. The standard InChI is InChI=1S/C10H13F3O3/c1-5(2)4-7(14)8(15)6(3)9(16)10(11,12)13/h4,9,15-16H,1-3H3/b8-6-. The van der Waals surface area contributed by atoms with Crippen LogP contribution >= 0.6 is 0 Å². The first-order valence-electron chi connectivity index (χ1n) is 4.41. The highest BCUT2D eigenvalue weighted by Gasteiger charge is 2.41. The molecule has 0 saturated carbocycles. The predicted octanol–water partition coefficient (Wildman–Crippen LogP) is 2.28. The van der Waals surface area contributed by atoms with E-state index in [2.05, 4.69) is 0 Å². The van der Waals surface area contributed by atoms with Crippen LogP contribution in [0.2, 0.25) is 0 Å². The van der Waals surface area contributed by atoms with E-state index in [1.807, 2.05) is 0 Å². The molecule has 0 aliphatic carbocycles. The van der Waals surface area contributed by atoms with Gasteiger partial charge in [-0.15, -0.1) is 0 Å². The third-order valence-corrected chi connectivity index (χ3v) is 1.75. The van der Waals surface area contributed by atoms with Gasteiger partial charge in [-0.2, -0.15) is 13.2 Å². The second kappa shape index (κ2) is 5.16. The average molecular weight is 238 g/mol. The number of ketones is 1. The minimum absolute atomic E-state index is 0.533. The van der Waals surface area contributed by atoms with E-state index in [1.54, 1.807) is 13.8 Å². The van der Waals surface area contributed by atoms with E-state index in [0.29, 0.717) is 5.57 Å². The average Bonchev–Trinajstić information content (AvgIpc) is 2.11. The van der Waals surface area contributed by atoms with Crippen molar-refractivity contribution in [3.63, 3.8) is 0 Å². The molecule has 3 nitrogen and oxygen atoms in total. The van der Waals surface area contributed by atoms with Crippen molar-refractivity contribution in [1.29, 1.82) is 0 Å². The molecule has 0 bridgehead atoms. The summed E-state index contributed by atoms with van der Waals surface area (Å²) in [5.74, 6) is -2.04. The van der Waals surface area contributed by atoms with E-state index in [1.165, 1.54) is 0 Å². The van der Waals surface area contributed by atoms with Crippen LogP contribution in [0.5, 0.6) is 0 Å². The van der Waals surface area contributed by atoms with Gasteiger partial charge in [0, 0.05) is 5.57 Å². The molecule has 0 saturated heterocycles. The normalized spacial score (nSPS) is 15.2. The summed E-state index contributed by atoms with van der Waals surface area (Å²) >= 11 is 0. The lowest BCUT2D eigenvalue weighted by atomic mass is 10.1. The molecule has 0 radical (unpaired) electrons. The number of hydrogen-bond donors (Lipinski definition) is 2. The molecule has 0 aromatic carbocycles. The van der Waals surface area contributed by atoms with Crippen molar-refractivity contribution in [2.75, 3.05) is 0 Å². The minimum Gasteiger partial charge on any atom is -0.504 e. The van der Waals surface area contributed by atoms with Crippen molar-refractivity contribution in [2.24, 2.45) is 0 Å². The Labute approximate surface area is 90.9 Å². The number of carbonyl (C=O) groups excluding carboxylic acids is 1. The molecule has 0 aliphatic rings. The topological polar surface area (TPSA) is 57.5 Å². The first kappa shape index (κ1) is 14.7. The molecule has 0 rings (SSSR count). The molecule has 2 N–H and O–H groups in total. The highest BCUT2D eigenvalue weighted by molar-refractivity contribution is 6.02. The van der Waals surface area contributed by atoms with Crippen LogP contribution in [0.15, 0.2) is 23.0 Å². The molecule has 1 unspecified atom stereocenters. The molecule has 1 atom stereocenters. The van der Waals surface area contributed by atoms with Gasteiger partial charge < -0.3 is 10.2 Å². The van der Waals surface area contributed by atoms with Crippen LogP contribution in [-0.2, 0) is 4.79 Å². The number of rotatable bonds is 3. The van der Waals surface area contributed by atoms with Gasteiger partial charge in [0.1, 0.15) is 0 Å². The molecule has 0 aliphatic heterocycles. The maximum absolute atomic E-state index is 12.1. The molecule has 6 heteroatoms. The third kappa shape index (κ3) is 4.06. The Morgan fingerprint density at radius 2 is 1.69 bits per heavy atom. The van der Waals surface area contributed by atoms with E-state index in [4.69, 9.17) is 5.11 Å². The van der Waals surface area contributed by atoms with Crippen LogP contribution in [0.3, 0.4) is 0 Å². The first-order chi connectivity index (χ1) is 7.07. The Hall–Kier alpha value is -1.30. The summed E-state index contributed by atoms with van der Waals surface area (Å²) in [6, 6.07) is 0. The van der Waals surface area contributed by atoms with E-state index >= 15 is 0 Å². The van der Waals surface area contributed by atoms with E-state index in [-0.39, 0.29) is 0 Å². The zero-order valence-corrected chi connectivity index (χ0v) is 9.09. The van der Waals surface area contributed by atoms with Gasteiger partial charge in [0.05, 0.1) is 0 Å². The molecule has 0 heterocycles. The fraction of sp³-hybridized carbons (Fsp3) is 0.500. The number of aliphatic hydroxyl groups excluding tert-OH is 2. The van der Waals surface area contributed by atoms with Gasteiger partial charge in [-0.05, 0) is 26.8 Å². The van der Waals surface area contributed by atoms with Crippen LogP contribution in [0.4, 0.5) is 13.2 Å². The Morgan fingerprint density at radius 1 is 1.25 bits per heavy atom. The minimum atomic E-state index is -4.90. The van der Waals surface area contributed by atoms with Crippen molar-refractivity contribution in [3.05, 3.63) is 23.0 Å². The van der Waals surface area contributed by atoms with Gasteiger partial charge in [0.2, 0.25) is 5.78 Å². The molecule has 16 heavy (non-hydrogen) atoms. The lowest BCUT2D eigenvalue weighted by molar-refractivity contribution is -0.191. The number of hydrogen-bond acceptors (Lipinski definition) is 3. The number of aliphatic hydroxyl groups is 2. The zero-order chi connectivity index (χ0) is 13.1. The highest BCUT2D eigenvalue weighted by atomic mass is 19.4.